The molecule has 3 N–H and O–H groups in total. The van der Waals surface area contributed by atoms with E-state index in [0.29, 0.717) is 13.1 Å². The SMILES string of the molecule is CNC(=O)NC(=O)CCN(C[C@H](O)c1ccccc1)CC(C)(C)C. The molecule has 0 aliphatic carbocycles. The van der Waals surface area contributed by atoms with Crippen LogP contribution in [0.5, 0.6) is 0 Å². The van der Waals surface area contributed by atoms with Crippen molar-refractivity contribution in [3.8, 4) is 0 Å². The van der Waals surface area contributed by atoms with E-state index in [1.54, 1.807) is 0 Å². The van der Waals surface area contributed by atoms with Gasteiger partial charge in [0, 0.05) is 33.1 Å². The van der Waals surface area contributed by atoms with E-state index in [1.807, 2.05) is 30.3 Å². The van der Waals surface area contributed by atoms with Gasteiger partial charge >= 0.3 is 6.03 Å². The molecule has 0 unspecified atom stereocenters. The molecule has 1 rings (SSSR count). The summed E-state index contributed by atoms with van der Waals surface area (Å²) in [5.74, 6) is -0.331. The fourth-order valence-corrected chi connectivity index (χ4v) is 2.44. The zero-order valence-corrected chi connectivity index (χ0v) is 15.0. The summed E-state index contributed by atoms with van der Waals surface area (Å²) in [6.45, 7) is 7.99. The number of aliphatic hydroxyl groups excluding tert-OH is 1. The molecule has 0 radical (unpaired) electrons. The van der Waals surface area contributed by atoms with Gasteiger partial charge in [0.15, 0.2) is 0 Å². The number of imide groups is 1. The summed E-state index contributed by atoms with van der Waals surface area (Å²) in [6, 6.07) is 8.96. The Morgan fingerprint density at radius 1 is 1.21 bits per heavy atom. The summed E-state index contributed by atoms with van der Waals surface area (Å²) in [6.07, 6.45) is -0.416. The number of aliphatic hydroxyl groups is 1. The second-order valence-corrected chi connectivity index (χ2v) is 7.10. The molecule has 3 amide bonds. The molecule has 1 aromatic carbocycles. The van der Waals surface area contributed by atoms with Crippen LogP contribution in [0, 0.1) is 5.41 Å². The van der Waals surface area contributed by atoms with Crippen molar-refractivity contribution in [1.29, 1.82) is 0 Å². The number of hydrogen-bond donors (Lipinski definition) is 3. The van der Waals surface area contributed by atoms with Crippen molar-refractivity contribution >= 4 is 11.9 Å². The molecule has 134 valence electrons. The van der Waals surface area contributed by atoms with Gasteiger partial charge in [-0.1, -0.05) is 51.1 Å². The van der Waals surface area contributed by atoms with Gasteiger partial charge in [0.05, 0.1) is 6.10 Å². The average molecular weight is 335 g/mol. The zero-order valence-electron chi connectivity index (χ0n) is 15.0. The molecule has 0 aliphatic rings. The highest BCUT2D eigenvalue weighted by atomic mass is 16.3. The number of rotatable bonds is 7. The molecule has 0 fully saturated rings. The Kier molecular flexibility index (Phi) is 7.88. The maximum atomic E-state index is 11.8. The number of nitrogens with one attached hydrogen (secondary N) is 2. The van der Waals surface area contributed by atoms with E-state index >= 15 is 0 Å². The Bertz CT molecular complexity index is 526. The molecule has 6 heteroatoms. The first kappa shape index (κ1) is 20.1. The first-order valence-electron chi connectivity index (χ1n) is 8.18. The van der Waals surface area contributed by atoms with Crippen molar-refractivity contribution in [2.45, 2.75) is 33.3 Å². The Balaban J connectivity index is 2.63. The lowest BCUT2D eigenvalue weighted by molar-refractivity contribution is -0.120. The summed E-state index contributed by atoms with van der Waals surface area (Å²) < 4.78 is 0. The summed E-state index contributed by atoms with van der Waals surface area (Å²) in [4.78, 5) is 25.0. The van der Waals surface area contributed by atoms with Crippen molar-refractivity contribution in [2.24, 2.45) is 5.41 Å². The number of carbonyl (C=O) groups is 2. The van der Waals surface area contributed by atoms with E-state index in [0.717, 1.165) is 12.1 Å². The minimum atomic E-state index is -0.615. The lowest BCUT2D eigenvalue weighted by atomic mass is 9.95. The van der Waals surface area contributed by atoms with Gasteiger partial charge in [-0.2, -0.15) is 0 Å². The third kappa shape index (κ3) is 8.08. The number of urea groups is 1. The van der Waals surface area contributed by atoms with Gasteiger partial charge in [-0.15, -0.1) is 0 Å². The van der Waals surface area contributed by atoms with Gasteiger partial charge in [-0.05, 0) is 11.0 Å². The molecule has 0 aliphatic heterocycles. The van der Waals surface area contributed by atoms with Crippen LogP contribution < -0.4 is 10.6 Å². The lowest BCUT2D eigenvalue weighted by Gasteiger charge is -2.31. The minimum absolute atomic E-state index is 0.0354. The van der Waals surface area contributed by atoms with E-state index in [9.17, 15) is 14.7 Å². The maximum absolute atomic E-state index is 11.8. The molecule has 0 heterocycles. The highest BCUT2D eigenvalue weighted by Gasteiger charge is 2.20. The van der Waals surface area contributed by atoms with Gasteiger partial charge in [0.2, 0.25) is 5.91 Å². The molecular weight excluding hydrogens is 306 g/mol. The van der Waals surface area contributed by atoms with Crippen molar-refractivity contribution in [1.82, 2.24) is 15.5 Å². The topological polar surface area (TPSA) is 81.7 Å². The number of benzene rings is 1. The summed E-state index contributed by atoms with van der Waals surface area (Å²) >= 11 is 0. The van der Waals surface area contributed by atoms with Crippen LogP contribution in [-0.2, 0) is 4.79 Å². The Labute approximate surface area is 144 Å². The van der Waals surface area contributed by atoms with Crippen LogP contribution in [0.3, 0.4) is 0 Å². The van der Waals surface area contributed by atoms with Crippen molar-refractivity contribution in [3.05, 3.63) is 35.9 Å². The van der Waals surface area contributed by atoms with Gasteiger partial charge in [-0.3, -0.25) is 15.0 Å². The van der Waals surface area contributed by atoms with Crippen LogP contribution in [0.25, 0.3) is 0 Å². The van der Waals surface area contributed by atoms with E-state index in [2.05, 4.69) is 36.3 Å². The molecule has 1 atom stereocenters. The maximum Gasteiger partial charge on any atom is 0.321 e. The molecule has 6 nitrogen and oxygen atoms in total. The van der Waals surface area contributed by atoms with Crippen molar-refractivity contribution < 1.29 is 14.7 Å². The Morgan fingerprint density at radius 2 is 1.83 bits per heavy atom. The molecule has 1 aromatic rings. The third-order valence-electron chi connectivity index (χ3n) is 3.45. The summed E-state index contributed by atoms with van der Waals surface area (Å²) in [7, 11) is 1.46. The number of hydrogen-bond acceptors (Lipinski definition) is 4. The molecular formula is C18H29N3O3. The van der Waals surface area contributed by atoms with Gasteiger partial charge in [0.25, 0.3) is 0 Å². The van der Waals surface area contributed by atoms with Crippen LogP contribution in [-0.4, -0.2) is 48.6 Å². The van der Waals surface area contributed by atoms with Crippen LogP contribution in [0.4, 0.5) is 4.79 Å². The summed E-state index contributed by atoms with van der Waals surface area (Å²) in [5, 5.41) is 15.0. The van der Waals surface area contributed by atoms with Crippen LogP contribution >= 0.6 is 0 Å². The second kappa shape index (κ2) is 9.39. The van der Waals surface area contributed by atoms with Gasteiger partial charge in [-0.25, -0.2) is 4.79 Å². The average Bonchev–Trinajstić information content (AvgIpc) is 2.51. The summed E-state index contributed by atoms with van der Waals surface area (Å²) in [5.41, 5.74) is 0.888. The third-order valence-corrected chi connectivity index (χ3v) is 3.45. The highest BCUT2D eigenvalue weighted by molar-refractivity contribution is 5.94. The number of amides is 3. The largest absolute Gasteiger partial charge is 0.387 e. The predicted octanol–water partition coefficient (Wildman–Crippen LogP) is 1.91. The predicted molar refractivity (Wildman–Crippen MR) is 94.5 cm³/mol. The minimum Gasteiger partial charge on any atom is -0.387 e. The monoisotopic (exact) mass is 335 g/mol. The van der Waals surface area contributed by atoms with Crippen LogP contribution in [0.2, 0.25) is 0 Å². The fourth-order valence-electron chi connectivity index (χ4n) is 2.44. The van der Waals surface area contributed by atoms with E-state index in [-0.39, 0.29) is 17.7 Å². The fraction of sp³-hybridized carbons (Fsp3) is 0.556. The van der Waals surface area contributed by atoms with Gasteiger partial charge in [0.1, 0.15) is 0 Å². The van der Waals surface area contributed by atoms with E-state index in [4.69, 9.17) is 0 Å². The molecule has 0 saturated heterocycles. The molecule has 0 aromatic heterocycles. The molecule has 0 bridgehead atoms. The van der Waals surface area contributed by atoms with Crippen LogP contribution in [0.15, 0.2) is 30.3 Å². The molecule has 0 spiro atoms. The van der Waals surface area contributed by atoms with Crippen molar-refractivity contribution in [3.63, 3.8) is 0 Å². The van der Waals surface area contributed by atoms with E-state index < -0.39 is 12.1 Å². The van der Waals surface area contributed by atoms with Crippen molar-refractivity contribution in [2.75, 3.05) is 26.7 Å². The first-order chi connectivity index (χ1) is 11.2. The zero-order chi connectivity index (χ0) is 18.2. The van der Waals surface area contributed by atoms with Crippen LogP contribution in [0.1, 0.15) is 38.9 Å². The lowest BCUT2D eigenvalue weighted by Crippen LogP contribution is -2.41. The molecule has 24 heavy (non-hydrogen) atoms. The Morgan fingerprint density at radius 3 is 2.38 bits per heavy atom. The number of carbonyl (C=O) groups excluding carboxylic acids is 2. The quantitative estimate of drug-likeness (QED) is 0.711. The van der Waals surface area contributed by atoms with Gasteiger partial charge < -0.3 is 10.4 Å². The Hall–Kier alpha value is -1.92. The molecule has 0 saturated carbocycles. The normalized spacial score (nSPS) is 12.8. The van der Waals surface area contributed by atoms with E-state index in [1.165, 1.54) is 7.05 Å². The smallest absolute Gasteiger partial charge is 0.321 e. The second-order valence-electron chi connectivity index (χ2n) is 7.10. The number of nitrogens with zero attached hydrogens (tertiary/aromatic N) is 1. The standard InChI is InChI=1S/C18H29N3O3/c1-18(2,3)13-21(11-10-16(23)20-17(24)19-4)12-15(22)14-8-6-5-7-9-14/h5-9,15,22H,10-13H2,1-4H3,(H2,19,20,23,24)/t15-/m0/s1. The first-order valence-corrected chi connectivity index (χ1v) is 8.18. The highest BCUT2D eigenvalue weighted by Crippen LogP contribution is 2.19.